The lowest BCUT2D eigenvalue weighted by atomic mass is 9.87. The van der Waals surface area contributed by atoms with Crippen molar-refractivity contribution in [2.45, 2.75) is 44.2 Å². The molecule has 172 valence electrons. The van der Waals surface area contributed by atoms with Crippen LogP contribution in [0.15, 0.2) is 66.2 Å². The molecule has 33 heavy (non-hydrogen) atoms. The average molecular weight is 448 g/mol. The van der Waals surface area contributed by atoms with Gasteiger partial charge in [0.2, 0.25) is 0 Å². The molecule has 1 heterocycles. The Hall–Kier alpha value is -3.41. The predicted molar refractivity (Wildman–Crippen MR) is 124 cm³/mol. The van der Waals surface area contributed by atoms with Crippen LogP contribution in [-0.4, -0.2) is 48.9 Å². The van der Waals surface area contributed by atoms with E-state index < -0.39 is 23.9 Å². The van der Waals surface area contributed by atoms with Gasteiger partial charge in [0.1, 0.15) is 12.0 Å². The molecule has 0 aromatic heterocycles. The first-order valence-electron chi connectivity index (χ1n) is 11.4. The van der Waals surface area contributed by atoms with Gasteiger partial charge < -0.3 is 14.4 Å². The zero-order valence-corrected chi connectivity index (χ0v) is 19.0. The van der Waals surface area contributed by atoms with Gasteiger partial charge >= 0.3 is 11.9 Å². The molecule has 0 bridgehead atoms. The van der Waals surface area contributed by atoms with Gasteiger partial charge in [-0.3, -0.25) is 9.59 Å². The maximum atomic E-state index is 13.9. The minimum absolute atomic E-state index is 0.0286. The van der Waals surface area contributed by atoms with E-state index in [2.05, 4.69) is 0 Å². The molecule has 1 aliphatic carbocycles. The fraction of sp³-hybridized carbons (Fsp3) is 0.370. The van der Waals surface area contributed by atoms with Crippen LogP contribution in [-0.2, 0) is 19.1 Å². The molecule has 0 spiro atoms. The number of carbonyl (C=O) groups excluding carboxylic acids is 3. The van der Waals surface area contributed by atoms with Crippen molar-refractivity contribution in [3.8, 4) is 0 Å². The number of hydrogen-bond donors (Lipinski definition) is 0. The number of ketones is 1. The van der Waals surface area contributed by atoms with Crippen molar-refractivity contribution in [1.29, 1.82) is 0 Å². The van der Waals surface area contributed by atoms with Crippen LogP contribution in [0.2, 0.25) is 0 Å². The normalized spacial score (nSPS) is 21.1. The quantitative estimate of drug-likeness (QED) is 0.487. The number of benzene rings is 2. The van der Waals surface area contributed by atoms with E-state index in [1.807, 2.05) is 41.3 Å². The molecule has 6 heteroatoms. The maximum absolute atomic E-state index is 13.9. The van der Waals surface area contributed by atoms with Crippen molar-refractivity contribution in [3.63, 3.8) is 0 Å². The summed E-state index contributed by atoms with van der Waals surface area (Å²) in [5.41, 5.74) is 2.06. The smallest absolute Gasteiger partial charge is 0.336 e. The van der Waals surface area contributed by atoms with E-state index in [1.165, 1.54) is 14.2 Å². The predicted octanol–water partition coefficient (Wildman–Crippen LogP) is 4.26. The molecule has 2 aliphatic rings. The summed E-state index contributed by atoms with van der Waals surface area (Å²) in [6.45, 7) is 0. The SMILES string of the molecule is COC(=O)C1=C(c2ccccc2)N(C2CCCCC2)[C@@H](C(=O)c2ccccc2)[C@@H]1C(=O)OC. The fourth-order valence-corrected chi connectivity index (χ4v) is 5.17. The summed E-state index contributed by atoms with van der Waals surface area (Å²) in [6, 6.07) is 17.5. The Labute approximate surface area is 194 Å². The number of rotatable bonds is 6. The van der Waals surface area contributed by atoms with Gasteiger partial charge in [-0.15, -0.1) is 0 Å². The first kappa shape index (κ1) is 22.8. The molecule has 2 atom stereocenters. The van der Waals surface area contributed by atoms with Crippen molar-refractivity contribution in [2.75, 3.05) is 14.2 Å². The fourth-order valence-electron chi connectivity index (χ4n) is 5.17. The second-order valence-corrected chi connectivity index (χ2v) is 8.49. The summed E-state index contributed by atoms with van der Waals surface area (Å²) < 4.78 is 10.3. The molecule has 0 N–H and O–H groups in total. The van der Waals surface area contributed by atoms with E-state index in [1.54, 1.807) is 24.3 Å². The first-order valence-corrected chi connectivity index (χ1v) is 11.4. The highest BCUT2D eigenvalue weighted by Gasteiger charge is 2.53. The zero-order chi connectivity index (χ0) is 23.4. The molecule has 0 unspecified atom stereocenters. The van der Waals surface area contributed by atoms with Crippen molar-refractivity contribution < 1.29 is 23.9 Å². The molecule has 0 radical (unpaired) electrons. The highest BCUT2D eigenvalue weighted by molar-refractivity contribution is 6.12. The minimum Gasteiger partial charge on any atom is -0.468 e. The van der Waals surface area contributed by atoms with E-state index >= 15 is 0 Å². The molecule has 2 aromatic carbocycles. The van der Waals surface area contributed by atoms with Crippen LogP contribution in [0.1, 0.15) is 48.0 Å². The van der Waals surface area contributed by atoms with E-state index in [9.17, 15) is 14.4 Å². The van der Waals surface area contributed by atoms with Gasteiger partial charge in [-0.1, -0.05) is 79.9 Å². The van der Waals surface area contributed by atoms with Crippen molar-refractivity contribution in [2.24, 2.45) is 5.92 Å². The van der Waals surface area contributed by atoms with Crippen molar-refractivity contribution in [3.05, 3.63) is 77.4 Å². The molecule has 1 aliphatic heterocycles. The zero-order valence-electron chi connectivity index (χ0n) is 19.0. The Morgan fingerprint density at radius 3 is 2.00 bits per heavy atom. The van der Waals surface area contributed by atoms with E-state index in [0.29, 0.717) is 11.3 Å². The Morgan fingerprint density at radius 1 is 0.818 bits per heavy atom. The lowest BCUT2D eigenvalue weighted by Crippen LogP contribution is -2.49. The van der Waals surface area contributed by atoms with E-state index in [0.717, 1.165) is 37.7 Å². The molecule has 0 amide bonds. The summed E-state index contributed by atoms with van der Waals surface area (Å²) in [7, 11) is 2.58. The lowest BCUT2D eigenvalue weighted by molar-refractivity contribution is -0.148. The molecular formula is C27H29NO5. The van der Waals surface area contributed by atoms with Crippen LogP contribution in [0.3, 0.4) is 0 Å². The number of ether oxygens (including phenoxy) is 2. The monoisotopic (exact) mass is 447 g/mol. The number of methoxy groups -OCH3 is 2. The number of hydrogen-bond acceptors (Lipinski definition) is 6. The molecule has 6 nitrogen and oxygen atoms in total. The highest BCUT2D eigenvalue weighted by atomic mass is 16.5. The second-order valence-electron chi connectivity index (χ2n) is 8.49. The summed E-state index contributed by atoms with van der Waals surface area (Å²) in [5.74, 6) is -2.51. The summed E-state index contributed by atoms with van der Waals surface area (Å²) in [4.78, 5) is 42.3. The Kier molecular flexibility index (Phi) is 6.92. The lowest BCUT2D eigenvalue weighted by Gasteiger charge is -2.39. The largest absolute Gasteiger partial charge is 0.468 e. The third-order valence-electron chi connectivity index (χ3n) is 6.64. The van der Waals surface area contributed by atoms with Gasteiger partial charge in [0.15, 0.2) is 5.78 Å². The molecule has 1 saturated carbocycles. The average Bonchev–Trinajstić information content (AvgIpc) is 3.25. The first-order chi connectivity index (χ1) is 16.1. The molecule has 2 aromatic rings. The molecule has 0 saturated heterocycles. The third kappa shape index (κ3) is 4.30. The summed E-state index contributed by atoms with van der Waals surface area (Å²) >= 11 is 0. The summed E-state index contributed by atoms with van der Waals surface area (Å²) in [6.07, 6.45) is 4.97. The standard InChI is InChI=1S/C27H29NO5/c1-32-26(30)21-22(27(31)33-2)24(25(29)19-14-8-4-9-15-19)28(20-16-10-5-11-17-20)23(21)18-12-6-3-7-13-18/h3-4,6-9,12-15,20,22,24H,5,10-11,16-17H2,1-2H3/t22-,24-/m1/s1. The van der Waals surface area contributed by atoms with Gasteiger partial charge in [0.05, 0.1) is 25.5 Å². The Bertz CT molecular complexity index is 1040. The van der Waals surface area contributed by atoms with Gasteiger partial charge in [-0.05, 0) is 18.4 Å². The van der Waals surface area contributed by atoms with Gasteiger partial charge in [-0.2, -0.15) is 0 Å². The topological polar surface area (TPSA) is 72.9 Å². The van der Waals surface area contributed by atoms with E-state index in [4.69, 9.17) is 9.47 Å². The highest BCUT2D eigenvalue weighted by Crippen LogP contribution is 2.45. The van der Waals surface area contributed by atoms with Crippen molar-refractivity contribution >= 4 is 23.4 Å². The Morgan fingerprint density at radius 2 is 1.42 bits per heavy atom. The van der Waals surface area contributed by atoms with Crippen LogP contribution in [0.5, 0.6) is 0 Å². The number of nitrogens with zero attached hydrogens (tertiary/aromatic N) is 1. The Balaban J connectivity index is 1.96. The molecular weight excluding hydrogens is 418 g/mol. The van der Waals surface area contributed by atoms with Gasteiger partial charge in [-0.25, -0.2) is 4.79 Å². The van der Waals surface area contributed by atoms with E-state index in [-0.39, 0.29) is 17.4 Å². The van der Waals surface area contributed by atoms with Crippen LogP contribution in [0.4, 0.5) is 0 Å². The minimum atomic E-state index is -1.08. The van der Waals surface area contributed by atoms with Gasteiger partial charge in [0, 0.05) is 11.6 Å². The van der Waals surface area contributed by atoms with Crippen LogP contribution in [0.25, 0.3) is 5.70 Å². The van der Waals surface area contributed by atoms with Crippen LogP contribution in [0, 0.1) is 5.92 Å². The number of esters is 2. The molecule has 4 rings (SSSR count). The molecule has 1 fully saturated rings. The van der Waals surface area contributed by atoms with Gasteiger partial charge in [0.25, 0.3) is 0 Å². The third-order valence-corrected chi connectivity index (χ3v) is 6.64. The maximum Gasteiger partial charge on any atom is 0.336 e. The van der Waals surface area contributed by atoms with Crippen LogP contribution >= 0.6 is 0 Å². The summed E-state index contributed by atoms with van der Waals surface area (Å²) in [5, 5.41) is 0. The van der Waals surface area contributed by atoms with Crippen molar-refractivity contribution in [1.82, 2.24) is 4.90 Å². The number of carbonyl (C=O) groups is 3. The number of Topliss-reactive ketones (excluding diaryl/α,β-unsaturated/α-hetero) is 1. The second kappa shape index (κ2) is 10.0. The van der Waals surface area contributed by atoms with Crippen LogP contribution < -0.4 is 0 Å².